The zero-order valence-corrected chi connectivity index (χ0v) is 12.2. The SMILES string of the molecule is CC(C)C(SCc1cc(F)cc2cccnc12)C(=O)O. The van der Waals surface area contributed by atoms with Crippen molar-refractivity contribution in [3.63, 3.8) is 0 Å². The van der Waals surface area contributed by atoms with Crippen molar-refractivity contribution < 1.29 is 14.3 Å². The average molecular weight is 293 g/mol. The molecule has 0 saturated carbocycles. The first-order valence-electron chi connectivity index (χ1n) is 6.36. The van der Waals surface area contributed by atoms with Gasteiger partial charge in [0.1, 0.15) is 11.1 Å². The van der Waals surface area contributed by atoms with Crippen molar-refractivity contribution in [1.29, 1.82) is 0 Å². The van der Waals surface area contributed by atoms with E-state index in [0.29, 0.717) is 5.75 Å². The highest BCUT2D eigenvalue weighted by Gasteiger charge is 2.22. The van der Waals surface area contributed by atoms with E-state index in [-0.39, 0.29) is 11.7 Å². The van der Waals surface area contributed by atoms with E-state index < -0.39 is 11.2 Å². The standard InChI is InChI=1S/C15H16FNO2S/c1-9(2)14(15(18)19)20-8-11-7-12(16)6-10-4-3-5-17-13(10)11/h3-7,9,14H,8H2,1-2H3,(H,18,19). The first-order valence-corrected chi connectivity index (χ1v) is 7.41. The Hall–Kier alpha value is -1.62. The molecular formula is C15H16FNO2S. The molecule has 1 N–H and O–H groups in total. The van der Waals surface area contributed by atoms with Gasteiger partial charge in [-0.3, -0.25) is 9.78 Å². The van der Waals surface area contributed by atoms with Crippen LogP contribution in [0, 0.1) is 11.7 Å². The number of benzene rings is 1. The smallest absolute Gasteiger partial charge is 0.316 e. The van der Waals surface area contributed by atoms with Crippen LogP contribution in [0.5, 0.6) is 0 Å². The molecule has 1 heterocycles. The van der Waals surface area contributed by atoms with E-state index in [1.54, 1.807) is 18.3 Å². The lowest BCUT2D eigenvalue weighted by Gasteiger charge is -2.16. The Kier molecular flexibility index (Phi) is 4.60. The molecule has 106 valence electrons. The van der Waals surface area contributed by atoms with Gasteiger partial charge >= 0.3 is 5.97 Å². The van der Waals surface area contributed by atoms with Gasteiger partial charge in [0.2, 0.25) is 0 Å². The predicted octanol–water partition coefficient (Wildman–Crippen LogP) is 3.72. The van der Waals surface area contributed by atoms with Crippen LogP contribution >= 0.6 is 11.8 Å². The molecule has 0 aliphatic rings. The molecular weight excluding hydrogens is 277 g/mol. The molecule has 0 aliphatic heterocycles. The molecule has 3 nitrogen and oxygen atoms in total. The molecule has 2 rings (SSSR count). The van der Waals surface area contributed by atoms with Crippen LogP contribution in [-0.2, 0) is 10.5 Å². The van der Waals surface area contributed by atoms with Gasteiger partial charge in [-0.25, -0.2) is 4.39 Å². The van der Waals surface area contributed by atoms with Crippen LogP contribution in [0.15, 0.2) is 30.5 Å². The zero-order valence-electron chi connectivity index (χ0n) is 11.3. The first kappa shape index (κ1) is 14.8. The maximum absolute atomic E-state index is 13.6. The molecule has 0 saturated heterocycles. The van der Waals surface area contributed by atoms with Crippen LogP contribution in [0.1, 0.15) is 19.4 Å². The number of pyridine rings is 1. The lowest BCUT2D eigenvalue weighted by atomic mass is 10.1. The van der Waals surface area contributed by atoms with Crippen LogP contribution in [0.2, 0.25) is 0 Å². The Morgan fingerprint density at radius 2 is 2.20 bits per heavy atom. The third-order valence-corrected chi connectivity index (χ3v) is 4.60. The van der Waals surface area contributed by atoms with Gasteiger partial charge in [-0.05, 0) is 29.7 Å². The highest BCUT2D eigenvalue weighted by atomic mass is 32.2. The second kappa shape index (κ2) is 6.22. The number of rotatable bonds is 5. The van der Waals surface area contributed by atoms with Crippen molar-refractivity contribution in [3.05, 3.63) is 41.8 Å². The van der Waals surface area contributed by atoms with E-state index in [9.17, 15) is 14.3 Å². The van der Waals surface area contributed by atoms with Crippen molar-refractivity contribution in [2.45, 2.75) is 24.9 Å². The van der Waals surface area contributed by atoms with E-state index in [2.05, 4.69) is 4.98 Å². The third kappa shape index (κ3) is 3.28. The number of aliphatic carboxylic acids is 1. The Labute approximate surface area is 121 Å². The zero-order chi connectivity index (χ0) is 14.7. The predicted molar refractivity (Wildman–Crippen MR) is 79.3 cm³/mol. The van der Waals surface area contributed by atoms with Gasteiger partial charge in [0.25, 0.3) is 0 Å². The highest BCUT2D eigenvalue weighted by molar-refractivity contribution is 7.99. The van der Waals surface area contributed by atoms with Gasteiger partial charge in [-0.1, -0.05) is 19.9 Å². The Bertz CT molecular complexity index is 630. The monoisotopic (exact) mass is 293 g/mol. The number of aromatic nitrogens is 1. The van der Waals surface area contributed by atoms with Crippen LogP contribution in [0.25, 0.3) is 10.9 Å². The third-order valence-electron chi connectivity index (χ3n) is 3.02. The van der Waals surface area contributed by atoms with Crippen LogP contribution in [-0.4, -0.2) is 21.3 Å². The number of halogens is 1. The van der Waals surface area contributed by atoms with Crippen molar-refractivity contribution in [1.82, 2.24) is 4.98 Å². The van der Waals surface area contributed by atoms with Crippen molar-refractivity contribution in [2.24, 2.45) is 5.92 Å². The van der Waals surface area contributed by atoms with E-state index in [1.807, 2.05) is 13.8 Å². The lowest BCUT2D eigenvalue weighted by Crippen LogP contribution is -2.22. The summed E-state index contributed by atoms with van der Waals surface area (Å²) in [5.41, 5.74) is 1.46. The molecule has 5 heteroatoms. The molecule has 0 amide bonds. The number of fused-ring (bicyclic) bond motifs is 1. The fraction of sp³-hybridized carbons (Fsp3) is 0.333. The summed E-state index contributed by atoms with van der Waals surface area (Å²) in [6.45, 7) is 3.74. The molecule has 1 atom stereocenters. The minimum Gasteiger partial charge on any atom is -0.480 e. The molecule has 0 fully saturated rings. The number of carboxylic acids is 1. The fourth-order valence-corrected chi connectivity index (χ4v) is 3.17. The number of hydrogen-bond acceptors (Lipinski definition) is 3. The van der Waals surface area contributed by atoms with Gasteiger partial charge in [-0.15, -0.1) is 11.8 Å². The van der Waals surface area contributed by atoms with Gasteiger partial charge < -0.3 is 5.11 Å². The normalized spacial score (nSPS) is 12.8. The van der Waals surface area contributed by atoms with Crippen LogP contribution in [0.4, 0.5) is 4.39 Å². The lowest BCUT2D eigenvalue weighted by molar-refractivity contribution is -0.137. The Balaban J connectivity index is 2.27. The molecule has 1 unspecified atom stereocenters. The molecule has 1 aromatic heterocycles. The number of nitrogens with zero attached hydrogens (tertiary/aromatic N) is 1. The maximum Gasteiger partial charge on any atom is 0.316 e. The fourth-order valence-electron chi connectivity index (χ4n) is 2.07. The summed E-state index contributed by atoms with van der Waals surface area (Å²) >= 11 is 1.31. The van der Waals surface area contributed by atoms with Gasteiger partial charge in [-0.2, -0.15) is 0 Å². The molecule has 1 aromatic carbocycles. The summed E-state index contributed by atoms with van der Waals surface area (Å²) in [6.07, 6.45) is 1.66. The number of carbonyl (C=O) groups is 1. The highest BCUT2D eigenvalue weighted by Crippen LogP contribution is 2.27. The van der Waals surface area contributed by atoms with Crippen LogP contribution < -0.4 is 0 Å². The minimum atomic E-state index is -0.835. The molecule has 0 radical (unpaired) electrons. The van der Waals surface area contributed by atoms with E-state index in [0.717, 1.165) is 16.5 Å². The average Bonchev–Trinajstić information content (AvgIpc) is 2.37. The summed E-state index contributed by atoms with van der Waals surface area (Å²) in [6, 6.07) is 6.43. The summed E-state index contributed by atoms with van der Waals surface area (Å²) in [4.78, 5) is 15.4. The van der Waals surface area contributed by atoms with Gasteiger partial charge in [0, 0.05) is 17.3 Å². The number of thioether (sulfide) groups is 1. The first-order chi connectivity index (χ1) is 9.49. The Morgan fingerprint density at radius 1 is 1.45 bits per heavy atom. The molecule has 20 heavy (non-hydrogen) atoms. The summed E-state index contributed by atoms with van der Waals surface area (Å²) in [5, 5.41) is 9.41. The molecule has 0 spiro atoms. The second-order valence-corrected chi connectivity index (χ2v) is 6.08. The van der Waals surface area contributed by atoms with E-state index >= 15 is 0 Å². The van der Waals surface area contributed by atoms with Gasteiger partial charge in [0.15, 0.2) is 0 Å². The largest absolute Gasteiger partial charge is 0.480 e. The summed E-state index contributed by atoms with van der Waals surface area (Å²) in [5.74, 6) is -0.707. The topological polar surface area (TPSA) is 50.2 Å². The quantitative estimate of drug-likeness (QED) is 0.913. The van der Waals surface area contributed by atoms with Crippen LogP contribution in [0.3, 0.4) is 0 Å². The summed E-state index contributed by atoms with van der Waals surface area (Å²) < 4.78 is 13.6. The van der Waals surface area contributed by atoms with E-state index in [1.165, 1.54) is 23.9 Å². The Morgan fingerprint density at radius 3 is 2.85 bits per heavy atom. The van der Waals surface area contributed by atoms with Crippen molar-refractivity contribution >= 4 is 28.6 Å². The van der Waals surface area contributed by atoms with Crippen molar-refractivity contribution in [2.75, 3.05) is 0 Å². The van der Waals surface area contributed by atoms with Gasteiger partial charge in [0.05, 0.1) is 5.52 Å². The molecule has 2 aromatic rings. The number of hydrogen-bond donors (Lipinski definition) is 1. The summed E-state index contributed by atoms with van der Waals surface area (Å²) in [7, 11) is 0. The van der Waals surface area contributed by atoms with E-state index in [4.69, 9.17) is 0 Å². The van der Waals surface area contributed by atoms with Crippen molar-refractivity contribution in [3.8, 4) is 0 Å². The molecule has 0 aliphatic carbocycles. The minimum absolute atomic E-state index is 0.0188. The number of carboxylic acid groups (broad SMARTS) is 1. The second-order valence-electron chi connectivity index (χ2n) is 4.95. The molecule has 0 bridgehead atoms. The maximum atomic E-state index is 13.6.